The SMILES string of the molecule is Cc1nn(C)c(Cl)c1Cn1ccc(C(O)C2CC2)c1. The van der Waals surface area contributed by atoms with Crippen molar-refractivity contribution < 1.29 is 5.11 Å². The zero-order valence-corrected chi connectivity index (χ0v) is 11.9. The van der Waals surface area contributed by atoms with Gasteiger partial charge in [0.15, 0.2) is 0 Å². The highest BCUT2D eigenvalue weighted by Gasteiger charge is 2.31. The zero-order chi connectivity index (χ0) is 13.6. The summed E-state index contributed by atoms with van der Waals surface area (Å²) >= 11 is 6.23. The lowest BCUT2D eigenvalue weighted by Crippen LogP contribution is -2.00. The second-order valence-corrected chi connectivity index (χ2v) is 5.74. The molecule has 102 valence electrons. The molecule has 2 heterocycles. The minimum atomic E-state index is -0.313. The summed E-state index contributed by atoms with van der Waals surface area (Å²) in [5.41, 5.74) is 2.98. The van der Waals surface area contributed by atoms with Crippen molar-refractivity contribution in [2.45, 2.75) is 32.4 Å². The Balaban J connectivity index is 1.79. The van der Waals surface area contributed by atoms with E-state index in [0.717, 1.165) is 29.7 Å². The van der Waals surface area contributed by atoms with Crippen molar-refractivity contribution in [1.29, 1.82) is 0 Å². The highest BCUT2D eigenvalue weighted by atomic mass is 35.5. The van der Waals surface area contributed by atoms with Crippen LogP contribution in [0.15, 0.2) is 18.5 Å². The molecule has 4 nitrogen and oxygen atoms in total. The number of aryl methyl sites for hydroxylation is 2. The standard InChI is InChI=1S/C14H18ClN3O/c1-9-12(14(15)17(2)16-9)8-18-6-5-11(7-18)13(19)10-3-4-10/h5-7,10,13,19H,3-4,8H2,1-2H3. The molecule has 0 aromatic carbocycles. The van der Waals surface area contributed by atoms with Crippen LogP contribution in [0.1, 0.15) is 35.8 Å². The molecule has 1 fully saturated rings. The molecule has 0 amide bonds. The Morgan fingerprint density at radius 1 is 1.53 bits per heavy atom. The van der Waals surface area contributed by atoms with Gasteiger partial charge in [-0.3, -0.25) is 4.68 Å². The summed E-state index contributed by atoms with van der Waals surface area (Å²) in [7, 11) is 1.84. The van der Waals surface area contributed by atoms with Gasteiger partial charge in [0.2, 0.25) is 0 Å². The van der Waals surface area contributed by atoms with E-state index in [1.165, 1.54) is 0 Å². The van der Waals surface area contributed by atoms with Crippen LogP contribution in [0.2, 0.25) is 5.15 Å². The molecule has 0 saturated heterocycles. The Hall–Kier alpha value is -1.26. The van der Waals surface area contributed by atoms with E-state index in [1.54, 1.807) is 4.68 Å². The fraction of sp³-hybridized carbons (Fsp3) is 0.500. The first kappa shape index (κ1) is 12.8. The van der Waals surface area contributed by atoms with Crippen molar-refractivity contribution in [3.8, 4) is 0 Å². The van der Waals surface area contributed by atoms with E-state index in [4.69, 9.17) is 11.6 Å². The van der Waals surface area contributed by atoms with Crippen LogP contribution in [0.25, 0.3) is 0 Å². The van der Waals surface area contributed by atoms with Crippen LogP contribution < -0.4 is 0 Å². The Bertz CT molecular complexity index is 598. The van der Waals surface area contributed by atoms with E-state index in [-0.39, 0.29) is 6.10 Å². The molecule has 2 aromatic rings. The maximum absolute atomic E-state index is 10.1. The quantitative estimate of drug-likeness (QED) is 0.935. The third kappa shape index (κ3) is 2.42. The van der Waals surface area contributed by atoms with Crippen LogP contribution >= 0.6 is 11.6 Å². The molecule has 1 saturated carbocycles. The topological polar surface area (TPSA) is 43.0 Å². The number of aliphatic hydroxyl groups excluding tert-OH is 1. The Kier molecular flexibility index (Phi) is 3.15. The third-order valence-corrected chi connectivity index (χ3v) is 4.27. The Morgan fingerprint density at radius 3 is 2.84 bits per heavy atom. The van der Waals surface area contributed by atoms with Crippen LogP contribution in [0.3, 0.4) is 0 Å². The minimum Gasteiger partial charge on any atom is -0.388 e. The van der Waals surface area contributed by atoms with Gasteiger partial charge in [-0.25, -0.2) is 0 Å². The fourth-order valence-electron chi connectivity index (χ4n) is 2.45. The maximum atomic E-state index is 10.1. The summed E-state index contributed by atoms with van der Waals surface area (Å²) < 4.78 is 3.74. The molecule has 1 unspecified atom stereocenters. The first-order valence-corrected chi connectivity index (χ1v) is 6.95. The smallest absolute Gasteiger partial charge is 0.131 e. The molecular weight excluding hydrogens is 262 g/mol. The normalized spacial score (nSPS) is 16.8. The van der Waals surface area contributed by atoms with E-state index in [1.807, 2.05) is 32.4 Å². The molecule has 1 atom stereocenters. The molecule has 0 spiro atoms. The summed E-state index contributed by atoms with van der Waals surface area (Å²) in [5.74, 6) is 0.458. The van der Waals surface area contributed by atoms with Gasteiger partial charge in [0.05, 0.1) is 18.3 Å². The van der Waals surface area contributed by atoms with Crippen LogP contribution in [0, 0.1) is 12.8 Å². The van der Waals surface area contributed by atoms with Crippen molar-refractivity contribution in [1.82, 2.24) is 14.3 Å². The number of rotatable bonds is 4. The van der Waals surface area contributed by atoms with Crippen molar-refractivity contribution in [3.05, 3.63) is 40.4 Å². The van der Waals surface area contributed by atoms with Gasteiger partial charge >= 0.3 is 0 Å². The highest BCUT2D eigenvalue weighted by molar-refractivity contribution is 6.30. The second kappa shape index (κ2) is 4.69. The summed E-state index contributed by atoms with van der Waals surface area (Å²) in [6.45, 7) is 2.65. The minimum absolute atomic E-state index is 0.313. The number of aliphatic hydroxyl groups is 1. The molecule has 0 bridgehead atoms. The largest absolute Gasteiger partial charge is 0.388 e. The van der Waals surface area contributed by atoms with Gasteiger partial charge in [0.25, 0.3) is 0 Å². The molecular formula is C14H18ClN3O. The number of hydrogen-bond acceptors (Lipinski definition) is 2. The molecule has 2 aromatic heterocycles. The van der Waals surface area contributed by atoms with Gasteiger partial charge in [0.1, 0.15) is 5.15 Å². The molecule has 3 rings (SSSR count). The van der Waals surface area contributed by atoms with E-state index in [0.29, 0.717) is 17.6 Å². The van der Waals surface area contributed by atoms with Gasteiger partial charge in [0, 0.05) is 25.0 Å². The lowest BCUT2D eigenvalue weighted by molar-refractivity contribution is 0.154. The molecule has 19 heavy (non-hydrogen) atoms. The van der Waals surface area contributed by atoms with Gasteiger partial charge in [-0.1, -0.05) is 11.6 Å². The number of hydrogen-bond donors (Lipinski definition) is 1. The van der Waals surface area contributed by atoms with Crippen molar-refractivity contribution in [2.24, 2.45) is 13.0 Å². The molecule has 0 radical (unpaired) electrons. The second-order valence-electron chi connectivity index (χ2n) is 5.38. The first-order chi connectivity index (χ1) is 9.06. The average Bonchev–Trinajstić information content (AvgIpc) is 3.08. The lowest BCUT2D eigenvalue weighted by Gasteiger charge is -2.06. The van der Waals surface area contributed by atoms with Gasteiger partial charge < -0.3 is 9.67 Å². The average molecular weight is 280 g/mol. The summed E-state index contributed by atoms with van der Waals surface area (Å²) in [5, 5.41) is 15.1. The maximum Gasteiger partial charge on any atom is 0.131 e. The predicted octanol–water partition coefficient (Wildman–Crippen LogP) is 2.68. The van der Waals surface area contributed by atoms with Gasteiger partial charge in [-0.2, -0.15) is 5.10 Å². The summed E-state index contributed by atoms with van der Waals surface area (Å²) in [4.78, 5) is 0. The van der Waals surface area contributed by atoms with E-state index >= 15 is 0 Å². The summed E-state index contributed by atoms with van der Waals surface area (Å²) in [6, 6.07) is 1.99. The molecule has 1 aliphatic rings. The number of aromatic nitrogens is 3. The predicted molar refractivity (Wildman–Crippen MR) is 74.2 cm³/mol. The molecule has 1 N–H and O–H groups in total. The van der Waals surface area contributed by atoms with E-state index in [2.05, 4.69) is 9.67 Å². The number of halogens is 1. The first-order valence-electron chi connectivity index (χ1n) is 6.58. The lowest BCUT2D eigenvalue weighted by atomic mass is 10.1. The van der Waals surface area contributed by atoms with Crippen LogP contribution in [-0.4, -0.2) is 19.5 Å². The Labute approximate surface area is 117 Å². The van der Waals surface area contributed by atoms with Gasteiger partial charge in [-0.15, -0.1) is 0 Å². The summed E-state index contributed by atoms with van der Waals surface area (Å²) in [6.07, 6.45) is 5.96. The third-order valence-electron chi connectivity index (χ3n) is 3.79. The monoisotopic (exact) mass is 279 g/mol. The molecule has 5 heteroatoms. The highest BCUT2D eigenvalue weighted by Crippen LogP contribution is 2.40. The Morgan fingerprint density at radius 2 is 2.26 bits per heavy atom. The van der Waals surface area contributed by atoms with Gasteiger partial charge in [-0.05, 0) is 37.3 Å². The fourth-order valence-corrected chi connectivity index (χ4v) is 2.69. The van der Waals surface area contributed by atoms with E-state index in [9.17, 15) is 5.11 Å². The van der Waals surface area contributed by atoms with Crippen LogP contribution in [-0.2, 0) is 13.6 Å². The van der Waals surface area contributed by atoms with Crippen molar-refractivity contribution in [2.75, 3.05) is 0 Å². The number of nitrogens with zero attached hydrogens (tertiary/aromatic N) is 3. The van der Waals surface area contributed by atoms with Crippen molar-refractivity contribution >= 4 is 11.6 Å². The van der Waals surface area contributed by atoms with E-state index < -0.39 is 0 Å². The molecule has 1 aliphatic carbocycles. The van der Waals surface area contributed by atoms with Crippen molar-refractivity contribution in [3.63, 3.8) is 0 Å². The van der Waals surface area contributed by atoms with Crippen LogP contribution in [0.5, 0.6) is 0 Å². The molecule has 0 aliphatic heterocycles. The zero-order valence-electron chi connectivity index (χ0n) is 11.2. The van der Waals surface area contributed by atoms with Crippen LogP contribution in [0.4, 0.5) is 0 Å².